The molecule has 0 spiro atoms. The van der Waals surface area contributed by atoms with E-state index in [1.165, 1.54) is 173 Å². The maximum absolute atomic E-state index is 12.7. The molecule has 8 nitrogen and oxygen atoms in total. The third kappa shape index (κ3) is 54.9. The summed E-state index contributed by atoms with van der Waals surface area (Å²) >= 11 is 0. The SMILES string of the molecule is CC/C=C\C/C=C\C/C=C\C/C=C\CCCCCCCCCCCCCOCC(COP(=O)(O)OCCN)OC(=O)CCCCCCCCCCCCCCC/C=C\C/C=C\CCCCCCC. The van der Waals surface area contributed by atoms with Crippen molar-refractivity contribution in [3.05, 3.63) is 72.9 Å². The summed E-state index contributed by atoms with van der Waals surface area (Å²) in [5.74, 6) is -0.331. The van der Waals surface area contributed by atoms with Gasteiger partial charge in [0.1, 0.15) is 6.10 Å². The lowest BCUT2D eigenvalue weighted by Crippen LogP contribution is -2.28. The number of allylic oxidation sites excluding steroid dienone is 12. The third-order valence-corrected chi connectivity index (χ3v) is 13.1. The van der Waals surface area contributed by atoms with Crippen LogP contribution in [0.2, 0.25) is 0 Å². The van der Waals surface area contributed by atoms with E-state index in [-0.39, 0.29) is 32.3 Å². The molecule has 0 aliphatic rings. The standard InChI is InChI=1S/C59H108NO7P/c1-3-5-7-9-11-13-15-17-19-21-23-25-27-29-30-32-34-36-38-40-42-44-46-48-50-52-59(61)67-58(57-66-68(62,63)65-55-53-60)56-64-54-51-49-47-45-43-41-39-37-35-33-31-28-26-24-22-20-18-16-14-12-10-8-6-4-2/h6,8,12,14-15,17-18,20-21,23-24,26,58H,3-5,7,9-11,13,16,19,22,25,27-57,60H2,1-2H3,(H,62,63)/b8-6-,14-12-,17-15-,20-18-,23-21-,26-24-. The van der Waals surface area contributed by atoms with Gasteiger partial charge in [0.15, 0.2) is 0 Å². The lowest BCUT2D eigenvalue weighted by Gasteiger charge is -2.20. The fraction of sp³-hybridized carbons (Fsp3) is 0.780. The van der Waals surface area contributed by atoms with Crippen LogP contribution in [0.15, 0.2) is 72.9 Å². The van der Waals surface area contributed by atoms with Crippen LogP contribution in [0.1, 0.15) is 258 Å². The maximum Gasteiger partial charge on any atom is 0.472 e. The van der Waals surface area contributed by atoms with Crippen molar-refractivity contribution in [2.24, 2.45) is 5.73 Å². The molecule has 0 fully saturated rings. The predicted octanol–water partition coefficient (Wildman–Crippen LogP) is 18.2. The normalized spacial score (nSPS) is 13.8. The van der Waals surface area contributed by atoms with E-state index in [1.54, 1.807) is 0 Å². The Kier molecular flexibility index (Phi) is 54.2. The summed E-state index contributed by atoms with van der Waals surface area (Å²) < 4.78 is 33.7. The van der Waals surface area contributed by atoms with E-state index in [9.17, 15) is 14.3 Å². The number of hydrogen-bond acceptors (Lipinski definition) is 7. The Labute approximate surface area is 420 Å². The second-order valence-corrected chi connectivity index (χ2v) is 20.2. The van der Waals surface area contributed by atoms with Crippen LogP contribution in [0.25, 0.3) is 0 Å². The molecule has 0 aromatic carbocycles. The van der Waals surface area contributed by atoms with Crippen molar-refractivity contribution in [3.8, 4) is 0 Å². The van der Waals surface area contributed by atoms with Gasteiger partial charge in [-0.3, -0.25) is 13.8 Å². The van der Waals surface area contributed by atoms with E-state index in [0.717, 1.165) is 64.2 Å². The number of carbonyl (C=O) groups is 1. The number of esters is 1. The summed E-state index contributed by atoms with van der Waals surface area (Å²) in [6.45, 7) is 4.82. The van der Waals surface area contributed by atoms with Gasteiger partial charge >= 0.3 is 13.8 Å². The van der Waals surface area contributed by atoms with Gasteiger partial charge in [-0.25, -0.2) is 4.57 Å². The van der Waals surface area contributed by atoms with Gasteiger partial charge in [0, 0.05) is 19.6 Å². The number of ether oxygens (including phenoxy) is 2. The first-order valence-electron chi connectivity index (χ1n) is 28.4. The molecule has 0 bridgehead atoms. The van der Waals surface area contributed by atoms with Gasteiger partial charge in [0.25, 0.3) is 0 Å². The smallest absolute Gasteiger partial charge is 0.457 e. The lowest BCUT2D eigenvalue weighted by molar-refractivity contribution is -0.154. The van der Waals surface area contributed by atoms with E-state index in [0.29, 0.717) is 13.0 Å². The molecule has 0 saturated carbocycles. The molecular weight excluding hydrogens is 866 g/mol. The molecule has 0 rings (SSSR count). The molecule has 9 heteroatoms. The average molecular weight is 974 g/mol. The van der Waals surface area contributed by atoms with Crippen LogP contribution >= 0.6 is 7.82 Å². The molecule has 0 radical (unpaired) electrons. The van der Waals surface area contributed by atoms with E-state index in [4.69, 9.17) is 24.3 Å². The van der Waals surface area contributed by atoms with Crippen molar-refractivity contribution in [1.82, 2.24) is 0 Å². The van der Waals surface area contributed by atoms with Gasteiger partial charge in [0.2, 0.25) is 0 Å². The van der Waals surface area contributed by atoms with Crippen LogP contribution < -0.4 is 5.73 Å². The number of phosphoric acid groups is 1. The molecule has 3 N–H and O–H groups in total. The van der Waals surface area contributed by atoms with Gasteiger partial charge in [-0.1, -0.05) is 241 Å². The fourth-order valence-corrected chi connectivity index (χ4v) is 8.73. The highest BCUT2D eigenvalue weighted by molar-refractivity contribution is 7.47. The Bertz CT molecular complexity index is 1280. The molecule has 2 atom stereocenters. The largest absolute Gasteiger partial charge is 0.472 e. The summed E-state index contributed by atoms with van der Waals surface area (Å²) in [6, 6.07) is 0. The first-order valence-corrected chi connectivity index (χ1v) is 29.9. The first kappa shape index (κ1) is 65.9. The van der Waals surface area contributed by atoms with Gasteiger partial charge in [0.05, 0.1) is 19.8 Å². The molecule has 0 aliphatic heterocycles. The molecular formula is C59H108NO7P. The number of nitrogens with two attached hydrogens (primary N) is 1. The summed E-state index contributed by atoms with van der Waals surface area (Å²) in [4.78, 5) is 22.7. The minimum absolute atomic E-state index is 0.0977. The van der Waals surface area contributed by atoms with E-state index in [1.807, 2.05) is 0 Å². The van der Waals surface area contributed by atoms with E-state index in [2.05, 4.69) is 86.8 Å². The van der Waals surface area contributed by atoms with E-state index >= 15 is 0 Å². The fourth-order valence-electron chi connectivity index (χ4n) is 7.96. The Morgan fingerprint density at radius 3 is 1.24 bits per heavy atom. The number of hydrogen-bond donors (Lipinski definition) is 2. The summed E-state index contributed by atoms with van der Waals surface area (Å²) in [5.41, 5.74) is 5.40. The van der Waals surface area contributed by atoms with Gasteiger partial charge in [-0.05, 0) is 83.5 Å². The van der Waals surface area contributed by atoms with Crippen LogP contribution in [0.3, 0.4) is 0 Å². The van der Waals surface area contributed by atoms with Crippen molar-refractivity contribution in [2.45, 2.75) is 264 Å². The number of unbranched alkanes of at least 4 members (excludes halogenated alkanes) is 29. The number of carbonyl (C=O) groups excluding carboxylic acids is 1. The molecule has 396 valence electrons. The molecule has 68 heavy (non-hydrogen) atoms. The molecule has 0 aromatic rings. The summed E-state index contributed by atoms with van der Waals surface area (Å²) in [7, 11) is -4.29. The lowest BCUT2D eigenvalue weighted by atomic mass is 10.0. The summed E-state index contributed by atoms with van der Waals surface area (Å²) in [6.07, 6.45) is 72.3. The van der Waals surface area contributed by atoms with Crippen LogP contribution in [-0.4, -0.2) is 49.9 Å². The van der Waals surface area contributed by atoms with Crippen LogP contribution in [0, 0.1) is 0 Å². The molecule has 0 amide bonds. The van der Waals surface area contributed by atoms with Crippen LogP contribution in [-0.2, 0) is 27.9 Å². The quantitative estimate of drug-likeness (QED) is 0.0268. The number of phosphoric ester groups is 1. The minimum Gasteiger partial charge on any atom is -0.457 e. The van der Waals surface area contributed by atoms with Gasteiger partial charge in [-0.15, -0.1) is 0 Å². The maximum atomic E-state index is 12.7. The predicted molar refractivity (Wildman–Crippen MR) is 293 cm³/mol. The zero-order valence-corrected chi connectivity index (χ0v) is 45.2. The van der Waals surface area contributed by atoms with Crippen LogP contribution in [0.4, 0.5) is 0 Å². The monoisotopic (exact) mass is 974 g/mol. The van der Waals surface area contributed by atoms with Crippen LogP contribution in [0.5, 0.6) is 0 Å². The highest BCUT2D eigenvalue weighted by Gasteiger charge is 2.25. The number of rotatable bonds is 54. The summed E-state index contributed by atoms with van der Waals surface area (Å²) in [5, 5.41) is 0. The second-order valence-electron chi connectivity index (χ2n) is 18.8. The zero-order chi connectivity index (χ0) is 49.4. The average Bonchev–Trinajstić information content (AvgIpc) is 3.33. The highest BCUT2D eigenvalue weighted by Crippen LogP contribution is 2.43. The molecule has 0 heterocycles. The Morgan fingerprint density at radius 2 is 0.824 bits per heavy atom. The van der Waals surface area contributed by atoms with Crippen molar-refractivity contribution in [2.75, 3.05) is 33.0 Å². The Morgan fingerprint density at radius 1 is 0.456 bits per heavy atom. The minimum atomic E-state index is -4.29. The molecule has 0 saturated heterocycles. The molecule has 0 aliphatic carbocycles. The zero-order valence-electron chi connectivity index (χ0n) is 44.3. The Balaban J connectivity index is 3.90. The molecule has 0 aromatic heterocycles. The third-order valence-electron chi connectivity index (χ3n) is 12.1. The Hall–Kier alpha value is -2.06. The highest BCUT2D eigenvalue weighted by atomic mass is 31.2. The van der Waals surface area contributed by atoms with E-state index < -0.39 is 13.9 Å². The van der Waals surface area contributed by atoms with Crippen molar-refractivity contribution >= 4 is 13.8 Å². The van der Waals surface area contributed by atoms with Crippen molar-refractivity contribution in [3.63, 3.8) is 0 Å². The van der Waals surface area contributed by atoms with Gasteiger partial charge < -0.3 is 20.1 Å². The topological polar surface area (TPSA) is 117 Å². The van der Waals surface area contributed by atoms with Crippen molar-refractivity contribution < 1.29 is 32.8 Å². The first-order chi connectivity index (χ1) is 33.4. The second kappa shape index (κ2) is 55.9. The van der Waals surface area contributed by atoms with Crippen molar-refractivity contribution in [1.29, 1.82) is 0 Å². The molecule has 2 unspecified atom stereocenters. The van der Waals surface area contributed by atoms with Gasteiger partial charge in [-0.2, -0.15) is 0 Å².